The van der Waals surface area contributed by atoms with E-state index in [-0.39, 0.29) is 0 Å². The fourth-order valence-electron chi connectivity index (χ4n) is 1.62. The monoisotopic (exact) mass is 236 g/mol. The van der Waals surface area contributed by atoms with Crippen LogP contribution in [0.25, 0.3) is 10.1 Å². The Hall–Kier alpha value is -1.06. The van der Waals surface area contributed by atoms with E-state index in [1.807, 2.05) is 11.3 Å². The summed E-state index contributed by atoms with van der Waals surface area (Å²) in [5.74, 6) is 0.978. The third-order valence-corrected chi connectivity index (χ3v) is 3.51. The number of aryl methyl sites for hydroxylation is 1. The standard InChI is InChI=1S/C13H17NOS/c1-10-8-11-9-12(4-5-13(11)16-10)15-7-6-14(2)3/h4-5,8-9H,6-7H2,1-3H3/p+1. The van der Waals surface area contributed by atoms with Crippen molar-refractivity contribution in [3.63, 3.8) is 0 Å². The lowest BCUT2D eigenvalue weighted by Crippen LogP contribution is -3.06. The first-order chi connectivity index (χ1) is 7.65. The molecule has 0 spiro atoms. The minimum absolute atomic E-state index is 0.775. The normalized spacial score (nSPS) is 11.2. The average Bonchev–Trinajstić information content (AvgIpc) is 2.56. The van der Waals surface area contributed by atoms with Crippen molar-refractivity contribution < 1.29 is 9.64 Å². The number of likely N-dealkylation sites (N-methyl/N-ethyl adjacent to an activating group) is 1. The number of fused-ring (bicyclic) bond motifs is 1. The SMILES string of the molecule is Cc1cc2cc(OCC[NH+](C)C)ccc2s1. The summed E-state index contributed by atoms with van der Waals surface area (Å²) in [6.45, 7) is 3.94. The second-order valence-corrected chi connectivity index (χ2v) is 5.65. The minimum Gasteiger partial charge on any atom is -0.488 e. The van der Waals surface area contributed by atoms with E-state index in [4.69, 9.17) is 4.74 Å². The molecule has 0 saturated heterocycles. The van der Waals surface area contributed by atoms with E-state index in [1.54, 1.807) is 0 Å². The van der Waals surface area contributed by atoms with Gasteiger partial charge in [0.15, 0.2) is 0 Å². The van der Waals surface area contributed by atoms with Crippen molar-refractivity contribution in [2.75, 3.05) is 27.2 Å². The Morgan fingerprint density at radius 2 is 2.06 bits per heavy atom. The molecule has 0 aliphatic heterocycles. The first kappa shape index (κ1) is 11.4. The average molecular weight is 236 g/mol. The highest BCUT2D eigenvalue weighted by Gasteiger charge is 2.01. The Balaban J connectivity index is 2.07. The predicted molar refractivity (Wildman–Crippen MR) is 69.7 cm³/mol. The number of benzene rings is 1. The van der Waals surface area contributed by atoms with Crippen molar-refractivity contribution in [3.8, 4) is 5.75 Å². The molecule has 16 heavy (non-hydrogen) atoms. The van der Waals surface area contributed by atoms with Gasteiger partial charge in [0, 0.05) is 9.58 Å². The molecule has 1 aromatic carbocycles. The molecule has 0 atom stereocenters. The van der Waals surface area contributed by atoms with Gasteiger partial charge >= 0.3 is 0 Å². The number of quaternary nitrogens is 1. The van der Waals surface area contributed by atoms with E-state index in [1.165, 1.54) is 19.9 Å². The molecule has 0 unspecified atom stereocenters. The predicted octanol–water partition coefficient (Wildman–Crippen LogP) is 1.73. The van der Waals surface area contributed by atoms with Gasteiger partial charge in [0.25, 0.3) is 0 Å². The summed E-state index contributed by atoms with van der Waals surface area (Å²) < 4.78 is 7.05. The van der Waals surface area contributed by atoms with Crippen LogP contribution in [0.1, 0.15) is 4.88 Å². The van der Waals surface area contributed by atoms with Gasteiger partial charge in [0.05, 0.1) is 14.1 Å². The molecule has 2 nitrogen and oxygen atoms in total. The molecule has 0 radical (unpaired) electrons. The lowest BCUT2D eigenvalue weighted by molar-refractivity contribution is -0.858. The Labute approximate surface area is 100 Å². The zero-order chi connectivity index (χ0) is 11.5. The molecule has 0 aliphatic rings. The highest BCUT2D eigenvalue weighted by Crippen LogP contribution is 2.28. The number of thiophene rings is 1. The number of ether oxygens (including phenoxy) is 1. The van der Waals surface area contributed by atoms with E-state index < -0.39 is 0 Å². The second-order valence-electron chi connectivity index (χ2n) is 4.36. The van der Waals surface area contributed by atoms with Crippen LogP contribution in [0.2, 0.25) is 0 Å². The molecule has 1 N–H and O–H groups in total. The molecule has 0 fully saturated rings. The molecular weight excluding hydrogens is 218 g/mol. The Morgan fingerprint density at radius 3 is 2.81 bits per heavy atom. The van der Waals surface area contributed by atoms with Gasteiger partial charge in [-0.1, -0.05) is 0 Å². The van der Waals surface area contributed by atoms with E-state index in [9.17, 15) is 0 Å². The Kier molecular flexibility index (Phi) is 3.46. The van der Waals surface area contributed by atoms with Crippen LogP contribution in [-0.4, -0.2) is 27.2 Å². The third-order valence-electron chi connectivity index (χ3n) is 2.48. The number of hydrogen-bond acceptors (Lipinski definition) is 2. The fourth-order valence-corrected chi connectivity index (χ4v) is 2.52. The van der Waals surface area contributed by atoms with Gasteiger partial charge in [-0.2, -0.15) is 0 Å². The molecule has 2 rings (SSSR count). The zero-order valence-electron chi connectivity index (χ0n) is 10.0. The smallest absolute Gasteiger partial charge is 0.137 e. The summed E-state index contributed by atoms with van der Waals surface area (Å²) in [6.07, 6.45) is 0. The van der Waals surface area contributed by atoms with Gasteiger partial charge < -0.3 is 9.64 Å². The van der Waals surface area contributed by atoms with Crippen LogP contribution in [-0.2, 0) is 0 Å². The maximum Gasteiger partial charge on any atom is 0.137 e. The summed E-state index contributed by atoms with van der Waals surface area (Å²) in [5.41, 5.74) is 0. The summed E-state index contributed by atoms with van der Waals surface area (Å²) in [4.78, 5) is 2.76. The van der Waals surface area contributed by atoms with Crippen molar-refractivity contribution in [2.45, 2.75) is 6.92 Å². The van der Waals surface area contributed by atoms with Crippen LogP contribution in [0.5, 0.6) is 5.75 Å². The maximum atomic E-state index is 5.72. The summed E-state index contributed by atoms with van der Waals surface area (Å²) in [6, 6.07) is 8.54. The van der Waals surface area contributed by atoms with Gasteiger partial charge in [-0.15, -0.1) is 11.3 Å². The quantitative estimate of drug-likeness (QED) is 0.853. The zero-order valence-corrected chi connectivity index (χ0v) is 10.9. The molecule has 0 amide bonds. The van der Waals surface area contributed by atoms with Crippen molar-refractivity contribution in [1.29, 1.82) is 0 Å². The Bertz CT molecular complexity index is 476. The number of nitrogens with one attached hydrogen (secondary N) is 1. The molecule has 3 heteroatoms. The van der Waals surface area contributed by atoms with Crippen LogP contribution < -0.4 is 9.64 Å². The van der Waals surface area contributed by atoms with E-state index in [0.29, 0.717) is 0 Å². The highest BCUT2D eigenvalue weighted by molar-refractivity contribution is 7.19. The van der Waals surface area contributed by atoms with Crippen LogP contribution >= 0.6 is 11.3 Å². The molecular formula is C13H18NOS+. The molecule has 0 bridgehead atoms. The molecule has 86 valence electrons. The van der Waals surface area contributed by atoms with Crippen LogP contribution in [0.3, 0.4) is 0 Å². The molecule has 0 saturated carbocycles. The van der Waals surface area contributed by atoms with Gasteiger partial charge in [-0.05, 0) is 36.6 Å². The maximum absolute atomic E-state index is 5.72. The van der Waals surface area contributed by atoms with E-state index in [0.717, 1.165) is 18.9 Å². The number of hydrogen-bond donors (Lipinski definition) is 1. The summed E-state index contributed by atoms with van der Waals surface area (Å²) in [5, 5.41) is 1.29. The second kappa shape index (κ2) is 4.85. The largest absolute Gasteiger partial charge is 0.488 e. The first-order valence-corrected chi connectivity index (χ1v) is 6.39. The highest BCUT2D eigenvalue weighted by atomic mass is 32.1. The topological polar surface area (TPSA) is 13.7 Å². The minimum atomic E-state index is 0.775. The van der Waals surface area contributed by atoms with Crippen molar-refractivity contribution in [1.82, 2.24) is 0 Å². The van der Waals surface area contributed by atoms with E-state index in [2.05, 4.69) is 45.3 Å². The van der Waals surface area contributed by atoms with Gasteiger partial charge in [-0.3, -0.25) is 0 Å². The van der Waals surface area contributed by atoms with Crippen molar-refractivity contribution in [2.24, 2.45) is 0 Å². The van der Waals surface area contributed by atoms with Crippen LogP contribution in [0, 0.1) is 6.92 Å². The summed E-state index contributed by atoms with van der Waals surface area (Å²) >= 11 is 1.83. The molecule has 0 aliphatic carbocycles. The molecule has 1 heterocycles. The van der Waals surface area contributed by atoms with E-state index >= 15 is 0 Å². The lowest BCUT2D eigenvalue weighted by atomic mass is 10.2. The van der Waals surface area contributed by atoms with Gasteiger partial charge in [0.2, 0.25) is 0 Å². The lowest BCUT2D eigenvalue weighted by Gasteiger charge is -2.08. The van der Waals surface area contributed by atoms with Gasteiger partial charge in [0.1, 0.15) is 18.9 Å². The number of rotatable bonds is 4. The molecule has 2 aromatic rings. The first-order valence-electron chi connectivity index (χ1n) is 5.57. The summed E-state index contributed by atoms with van der Waals surface area (Å²) in [7, 11) is 4.27. The fraction of sp³-hybridized carbons (Fsp3) is 0.385. The van der Waals surface area contributed by atoms with Crippen LogP contribution in [0.4, 0.5) is 0 Å². The van der Waals surface area contributed by atoms with Crippen molar-refractivity contribution in [3.05, 3.63) is 29.1 Å². The third kappa shape index (κ3) is 2.74. The van der Waals surface area contributed by atoms with Crippen molar-refractivity contribution >= 4 is 21.4 Å². The Morgan fingerprint density at radius 1 is 1.25 bits per heavy atom. The molecule has 1 aromatic heterocycles. The van der Waals surface area contributed by atoms with Gasteiger partial charge in [-0.25, -0.2) is 0 Å². The van der Waals surface area contributed by atoms with Crippen LogP contribution in [0.15, 0.2) is 24.3 Å².